The SMILES string of the molecule is CCCCOc1ccc(NC(=O)C2CCN(c3ncccn3)CC2)cc1. The molecule has 0 radical (unpaired) electrons. The summed E-state index contributed by atoms with van der Waals surface area (Å²) in [6.45, 7) is 4.46. The number of anilines is 2. The number of piperidine rings is 1. The molecule has 1 aromatic heterocycles. The average Bonchev–Trinajstić information content (AvgIpc) is 2.70. The smallest absolute Gasteiger partial charge is 0.227 e. The molecular formula is C20H26N4O2. The van der Waals surface area contributed by atoms with Crippen LogP contribution in [0.15, 0.2) is 42.7 Å². The first-order valence-electron chi connectivity index (χ1n) is 9.32. The lowest BCUT2D eigenvalue weighted by molar-refractivity contribution is -0.120. The zero-order valence-electron chi connectivity index (χ0n) is 15.2. The summed E-state index contributed by atoms with van der Waals surface area (Å²) in [4.78, 5) is 23.2. The Bertz CT molecular complexity index is 683. The Labute approximate surface area is 154 Å². The zero-order valence-corrected chi connectivity index (χ0v) is 15.2. The molecule has 0 saturated carbocycles. The maximum absolute atomic E-state index is 12.5. The molecule has 2 aromatic rings. The fraction of sp³-hybridized carbons (Fsp3) is 0.450. The number of benzene rings is 1. The highest BCUT2D eigenvalue weighted by atomic mass is 16.5. The molecule has 0 atom stereocenters. The first-order chi connectivity index (χ1) is 12.8. The Kier molecular flexibility index (Phi) is 6.41. The van der Waals surface area contributed by atoms with E-state index in [1.54, 1.807) is 12.4 Å². The summed E-state index contributed by atoms with van der Waals surface area (Å²) >= 11 is 0. The van der Waals surface area contributed by atoms with Crippen molar-refractivity contribution in [3.05, 3.63) is 42.7 Å². The molecule has 1 aromatic carbocycles. The monoisotopic (exact) mass is 354 g/mol. The second-order valence-electron chi connectivity index (χ2n) is 6.53. The van der Waals surface area contributed by atoms with Gasteiger partial charge in [0.05, 0.1) is 6.61 Å². The number of hydrogen-bond acceptors (Lipinski definition) is 5. The van der Waals surface area contributed by atoms with Crippen molar-refractivity contribution >= 4 is 17.5 Å². The third kappa shape index (κ3) is 4.94. The predicted octanol–water partition coefficient (Wildman–Crippen LogP) is 3.51. The maximum Gasteiger partial charge on any atom is 0.227 e. The minimum atomic E-state index is 0.0236. The van der Waals surface area contributed by atoms with Gasteiger partial charge in [-0.15, -0.1) is 0 Å². The first kappa shape index (κ1) is 18.2. The fourth-order valence-electron chi connectivity index (χ4n) is 3.01. The quantitative estimate of drug-likeness (QED) is 0.771. The molecular weight excluding hydrogens is 328 g/mol. The average molecular weight is 354 g/mol. The number of rotatable bonds is 7. The lowest BCUT2D eigenvalue weighted by Crippen LogP contribution is -2.38. The number of unbranched alkanes of at least 4 members (excludes halogenated alkanes) is 1. The predicted molar refractivity (Wildman–Crippen MR) is 102 cm³/mol. The van der Waals surface area contributed by atoms with Crippen LogP contribution in [-0.2, 0) is 4.79 Å². The van der Waals surface area contributed by atoms with Crippen LogP contribution < -0.4 is 15.0 Å². The summed E-state index contributed by atoms with van der Waals surface area (Å²) in [6, 6.07) is 9.41. The molecule has 3 rings (SSSR count). The van der Waals surface area contributed by atoms with E-state index in [0.29, 0.717) is 0 Å². The third-order valence-corrected chi connectivity index (χ3v) is 4.59. The van der Waals surface area contributed by atoms with E-state index in [0.717, 1.165) is 62.8 Å². The van der Waals surface area contributed by atoms with Crippen molar-refractivity contribution in [1.82, 2.24) is 9.97 Å². The van der Waals surface area contributed by atoms with Crippen molar-refractivity contribution in [2.24, 2.45) is 5.92 Å². The summed E-state index contributed by atoms with van der Waals surface area (Å²) in [5.74, 6) is 1.69. The maximum atomic E-state index is 12.5. The Balaban J connectivity index is 1.47. The van der Waals surface area contributed by atoms with E-state index in [-0.39, 0.29) is 11.8 Å². The van der Waals surface area contributed by atoms with Gasteiger partial charge in [-0.05, 0) is 49.6 Å². The van der Waals surface area contributed by atoms with Crippen molar-refractivity contribution in [3.63, 3.8) is 0 Å². The minimum Gasteiger partial charge on any atom is -0.494 e. The largest absolute Gasteiger partial charge is 0.494 e. The van der Waals surface area contributed by atoms with Gasteiger partial charge in [0.2, 0.25) is 11.9 Å². The lowest BCUT2D eigenvalue weighted by atomic mass is 9.96. The Morgan fingerprint density at radius 3 is 2.54 bits per heavy atom. The van der Waals surface area contributed by atoms with E-state index in [4.69, 9.17) is 4.74 Å². The lowest BCUT2D eigenvalue weighted by Gasteiger charge is -2.31. The van der Waals surface area contributed by atoms with Gasteiger partial charge in [0.25, 0.3) is 0 Å². The van der Waals surface area contributed by atoms with Gasteiger partial charge in [0, 0.05) is 37.1 Å². The normalized spacial score (nSPS) is 14.9. The molecule has 0 bridgehead atoms. The van der Waals surface area contributed by atoms with Crippen molar-refractivity contribution in [2.45, 2.75) is 32.6 Å². The molecule has 26 heavy (non-hydrogen) atoms. The molecule has 6 heteroatoms. The second kappa shape index (κ2) is 9.17. The van der Waals surface area contributed by atoms with Crippen molar-refractivity contribution < 1.29 is 9.53 Å². The van der Waals surface area contributed by atoms with Crippen LogP contribution in [0.1, 0.15) is 32.6 Å². The minimum absolute atomic E-state index is 0.0236. The summed E-state index contributed by atoms with van der Waals surface area (Å²) in [7, 11) is 0. The van der Waals surface area contributed by atoms with Crippen LogP contribution in [0.4, 0.5) is 11.6 Å². The summed E-state index contributed by atoms with van der Waals surface area (Å²) in [6.07, 6.45) is 7.27. The molecule has 0 unspecified atom stereocenters. The molecule has 1 fully saturated rings. The van der Waals surface area contributed by atoms with Gasteiger partial charge in [-0.2, -0.15) is 0 Å². The molecule has 6 nitrogen and oxygen atoms in total. The van der Waals surface area contributed by atoms with Crippen molar-refractivity contribution in [2.75, 3.05) is 29.9 Å². The number of nitrogens with zero attached hydrogens (tertiary/aromatic N) is 3. The third-order valence-electron chi connectivity index (χ3n) is 4.59. The van der Waals surface area contributed by atoms with Crippen LogP contribution in [0, 0.1) is 5.92 Å². The van der Waals surface area contributed by atoms with Gasteiger partial charge in [0.15, 0.2) is 0 Å². The number of ether oxygens (including phenoxy) is 1. The zero-order chi connectivity index (χ0) is 18.2. The number of carbonyl (C=O) groups is 1. The summed E-state index contributed by atoms with van der Waals surface area (Å²) in [5.41, 5.74) is 0.812. The number of nitrogens with one attached hydrogen (secondary N) is 1. The van der Waals surface area contributed by atoms with Gasteiger partial charge in [-0.25, -0.2) is 9.97 Å². The standard InChI is InChI=1S/C20H26N4O2/c1-2-3-15-26-18-7-5-17(6-8-18)23-19(25)16-9-13-24(14-10-16)20-21-11-4-12-22-20/h4-8,11-12,16H,2-3,9-10,13-15H2,1H3,(H,23,25). The van der Waals surface area contributed by atoms with Gasteiger partial charge < -0.3 is 15.0 Å². The second-order valence-corrected chi connectivity index (χ2v) is 6.53. The molecule has 0 spiro atoms. The number of carbonyl (C=O) groups excluding carboxylic acids is 1. The van der Waals surface area contributed by atoms with E-state index >= 15 is 0 Å². The van der Waals surface area contributed by atoms with Crippen molar-refractivity contribution in [1.29, 1.82) is 0 Å². The summed E-state index contributed by atoms with van der Waals surface area (Å²) < 4.78 is 5.65. The molecule has 2 heterocycles. The molecule has 138 valence electrons. The fourth-order valence-corrected chi connectivity index (χ4v) is 3.01. The van der Waals surface area contributed by atoms with Gasteiger partial charge in [-0.3, -0.25) is 4.79 Å². The van der Waals surface area contributed by atoms with Gasteiger partial charge in [-0.1, -0.05) is 13.3 Å². The van der Waals surface area contributed by atoms with E-state index in [1.807, 2.05) is 30.3 Å². The Hall–Kier alpha value is -2.63. The number of hydrogen-bond donors (Lipinski definition) is 1. The highest BCUT2D eigenvalue weighted by Gasteiger charge is 2.26. The Morgan fingerprint density at radius 1 is 1.19 bits per heavy atom. The van der Waals surface area contributed by atoms with Crippen LogP contribution in [-0.4, -0.2) is 35.6 Å². The van der Waals surface area contributed by atoms with Crippen LogP contribution in [0.3, 0.4) is 0 Å². The van der Waals surface area contributed by atoms with Crippen LogP contribution in [0.2, 0.25) is 0 Å². The number of aromatic nitrogens is 2. The Morgan fingerprint density at radius 2 is 1.88 bits per heavy atom. The molecule has 1 aliphatic rings. The molecule has 1 amide bonds. The van der Waals surface area contributed by atoms with E-state index < -0.39 is 0 Å². The van der Waals surface area contributed by atoms with Gasteiger partial charge in [0.1, 0.15) is 5.75 Å². The topological polar surface area (TPSA) is 67.3 Å². The van der Waals surface area contributed by atoms with Gasteiger partial charge >= 0.3 is 0 Å². The van der Waals surface area contributed by atoms with E-state index in [9.17, 15) is 4.79 Å². The van der Waals surface area contributed by atoms with Crippen LogP contribution in [0.25, 0.3) is 0 Å². The van der Waals surface area contributed by atoms with E-state index in [2.05, 4.69) is 27.1 Å². The molecule has 1 saturated heterocycles. The van der Waals surface area contributed by atoms with E-state index in [1.165, 1.54) is 0 Å². The molecule has 1 N–H and O–H groups in total. The molecule has 1 aliphatic heterocycles. The van der Waals surface area contributed by atoms with Crippen molar-refractivity contribution in [3.8, 4) is 5.75 Å². The first-order valence-corrected chi connectivity index (χ1v) is 9.32. The summed E-state index contributed by atoms with van der Waals surface area (Å²) in [5, 5.41) is 3.02. The molecule has 0 aliphatic carbocycles. The van der Waals surface area contributed by atoms with Crippen LogP contribution >= 0.6 is 0 Å². The van der Waals surface area contributed by atoms with Crippen LogP contribution in [0.5, 0.6) is 5.75 Å². The highest BCUT2D eigenvalue weighted by molar-refractivity contribution is 5.92. The highest BCUT2D eigenvalue weighted by Crippen LogP contribution is 2.23. The number of amides is 1.